The number of fused-ring (bicyclic) bond motifs is 1. The van der Waals surface area contributed by atoms with Gasteiger partial charge in [0.2, 0.25) is 10.0 Å². The first-order valence-electron chi connectivity index (χ1n) is 7.84. The van der Waals surface area contributed by atoms with Gasteiger partial charge in [-0.3, -0.25) is 9.52 Å². The molecule has 1 aromatic heterocycles. The van der Waals surface area contributed by atoms with Crippen LogP contribution in [-0.2, 0) is 16.4 Å². The summed E-state index contributed by atoms with van der Waals surface area (Å²) in [5.74, 6) is 0.141. The average molecular weight is 348 g/mol. The quantitative estimate of drug-likeness (QED) is 0.901. The summed E-state index contributed by atoms with van der Waals surface area (Å²) in [7, 11) is -3.40. The average Bonchev–Trinajstić information content (AvgIpc) is 3.14. The van der Waals surface area contributed by atoms with Crippen LogP contribution in [0.1, 0.15) is 30.0 Å². The largest absolute Gasteiger partial charge is 0.459 e. The van der Waals surface area contributed by atoms with Crippen molar-refractivity contribution in [2.45, 2.75) is 20.3 Å². The van der Waals surface area contributed by atoms with Crippen LogP contribution in [0.25, 0.3) is 0 Å². The molecule has 0 fully saturated rings. The maximum Gasteiger partial charge on any atom is 0.293 e. The summed E-state index contributed by atoms with van der Waals surface area (Å²) in [5, 5.41) is 0. The number of hydrogen-bond donors (Lipinski definition) is 1. The topological polar surface area (TPSA) is 79.6 Å². The predicted molar refractivity (Wildman–Crippen MR) is 92.8 cm³/mol. The zero-order chi connectivity index (χ0) is 17.3. The van der Waals surface area contributed by atoms with Gasteiger partial charge in [0.1, 0.15) is 0 Å². The van der Waals surface area contributed by atoms with Gasteiger partial charge >= 0.3 is 0 Å². The minimum Gasteiger partial charge on any atom is -0.459 e. The summed E-state index contributed by atoms with van der Waals surface area (Å²) in [6.07, 6.45) is 2.20. The van der Waals surface area contributed by atoms with Gasteiger partial charge < -0.3 is 9.32 Å². The van der Waals surface area contributed by atoms with Gasteiger partial charge in [-0.1, -0.05) is 19.9 Å². The zero-order valence-corrected chi connectivity index (χ0v) is 14.5. The fourth-order valence-corrected chi connectivity index (χ4v) is 4.29. The molecule has 1 N–H and O–H groups in total. The van der Waals surface area contributed by atoms with Gasteiger partial charge in [0.15, 0.2) is 5.76 Å². The molecule has 0 unspecified atom stereocenters. The molecule has 0 aliphatic carbocycles. The zero-order valence-electron chi connectivity index (χ0n) is 13.7. The molecule has 0 spiro atoms. The third kappa shape index (κ3) is 3.46. The number of sulfonamides is 1. The van der Waals surface area contributed by atoms with E-state index in [9.17, 15) is 13.2 Å². The molecule has 7 heteroatoms. The molecular formula is C17H20N2O4S. The SMILES string of the molecule is CC(C)CS(=O)(=O)Nc1ccc2c(c1)N(C(=O)c1ccco1)CC2. The van der Waals surface area contributed by atoms with Crippen LogP contribution in [-0.4, -0.2) is 26.6 Å². The minimum atomic E-state index is -3.40. The Morgan fingerprint density at radius 3 is 2.79 bits per heavy atom. The van der Waals surface area contributed by atoms with E-state index in [4.69, 9.17) is 4.42 Å². The van der Waals surface area contributed by atoms with E-state index in [1.807, 2.05) is 19.9 Å². The Balaban J connectivity index is 1.85. The fraction of sp³-hybridized carbons (Fsp3) is 0.353. The highest BCUT2D eigenvalue weighted by Crippen LogP contribution is 2.32. The molecule has 128 valence electrons. The first-order valence-corrected chi connectivity index (χ1v) is 9.50. The first-order chi connectivity index (χ1) is 11.4. The number of carbonyl (C=O) groups is 1. The van der Waals surface area contributed by atoms with Crippen molar-refractivity contribution in [3.05, 3.63) is 47.9 Å². The molecule has 6 nitrogen and oxygen atoms in total. The molecule has 1 aromatic carbocycles. The molecule has 24 heavy (non-hydrogen) atoms. The van der Waals surface area contributed by atoms with Gasteiger partial charge in [0.25, 0.3) is 5.91 Å². The van der Waals surface area contributed by atoms with Crippen LogP contribution in [0.4, 0.5) is 11.4 Å². The summed E-state index contributed by atoms with van der Waals surface area (Å²) < 4.78 is 32.0. The Bertz CT molecular complexity index is 841. The van der Waals surface area contributed by atoms with Crippen LogP contribution in [0.15, 0.2) is 41.0 Å². The lowest BCUT2D eigenvalue weighted by atomic mass is 10.1. The predicted octanol–water partition coefficient (Wildman–Crippen LogP) is 2.88. The number of amides is 1. The highest BCUT2D eigenvalue weighted by atomic mass is 32.2. The molecule has 1 amide bonds. The van der Waals surface area contributed by atoms with Gasteiger partial charge in [0.05, 0.1) is 17.7 Å². The third-order valence-corrected chi connectivity index (χ3v) is 5.44. The summed E-state index contributed by atoms with van der Waals surface area (Å²) >= 11 is 0. The van der Waals surface area contributed by atoms with Gasteiger partial charge in [0, 0.05) is 12.2 Å². The molecular weight excluding hydrogens is 328 g/mol. The maximum atomic E-state index is 12.5. The number of carbonyl (C=O) groups excluding carboxylic acids is 1. The van der Waals surface area contributed by atoms with E-state index < -0.39 is 10.0 Å². The van der Waals surface area contributed by atoms with Crippen LogP contribution in [0.2, 0.25) is 0 Å². The Kier molecular flexibility index (Phi) is 4.36. The third-order valence-electron chi connectivity index (χ3n) is 3.78. The van der Waals surface area contributed by atoms with E-state index in [2.05, 4.69) is 4.72 Å². The van der Waals surface area contributed by atoms with E-state index in [-0.39, 0.29) is 23.3 Å². The van der Waals surface area contributed by atoms with Crippen LogP contribution >= 0.6 is 0 Å². The Hall–Kier alpha value is -2.28. The maximum absolute atomic E-state index is 12.5. The second kappa shape index (κ2) is 6.32. The Morgan fingerprint density at radius 1 is 1.33 bits per heavy atom. The van der Waals surface area contributed by atoms with E-state index in [0.717, 1.165) is 17.7 Å². The summed E-state index contributed by atoms with van der Waals surface area (Å²) in [6, 6.07) is 8.59. The number of nitrogens with zero attached hydrogens (tertiary/aromatic N) is 1. The van der Waals surface area contributed by atoms with E-state index in [1.165, 1.54) is 6.26 Å². The standard InChI is InChI=1S/C17H20N2O4S/c1-12(2)11-24(21,22)18-14-6-5-13-7-8-19(15(13)10-14)17(20)16-4-3-9-23-16/h3-6,9-10,12,18H,7-8,11H2,1-2H3. The lowest BCUT2D eigenvalue weighted by Crippen LogP contribution is -2.28. The molecule has 0 saturated heterocycles. The van der Waals surface area contributed by atoms with Gasteiger partial charge in [-0.15, -0.1) is 0 Å². The van der Waals surface area contributed by atoms with Crippen molar-refractivity contribution >= 4 is 27.3 Å². The number of rotatable bonds is 5. The molecule has 1 aliphatic heterocycles. The van der Waals surface area contributed by atoms with E-state index in [0.29, 0.717) is 12.2 Å². The van der Waals surface area contributed by atoms with Crippen LogP contribution < -0.4 is 9.62 Å². The van der Waals surface area contributed by atoms with Crippen LogP contribution in [0, 0.1) is 5.92 Å². The molecule has 2 heterocycles. The lowest BCUT2D eigenvalue weighted by molar-refractivity contribution is 0.0963. The molecule has 0 atom stereocenters. The van der Waals surface area contributed by atoms with Crippen molar-refractivity contribution < 1.29 is 17.6 Å². The second-order valence-corrected chi connectivity index (χ2v) is 8.07. The Morgan fingerprint density at radius 2 is 2.12 bits per heavy atom. The number of anilines is 2. The summed E-state index contributed by atoms with van der Waals surface area (Å²) in [4.78, 5) is 14.1. The molecule has 0 bridgehead atoms. The Labute approximate surface area is 141 Å². The molecule has 1 aliphatic rings. The van der Waals surface area contributed by atoms with Crippen molar-refractivity contribution in [2.75, 3.05) is 21.9 Å². The first kappa shape index (κ1) is 16.6. The van der Waals surface area contributed by atoms with Crippen LogP contribution in [0.3, 0.4) is 0 Å². The molecule has 0 saturated carbocycles. The highest BCUT2D eigenvalue weighted by molar-refractivity contribution is 7.92. The van der Waals surface area contributed by atoms with Crippen molar-refractivity contribution in [3.8, 4) is 0 Å². The smallest absolute Gasteiger partial charge is 0.293 e. The van der Waals surface area contributed by atoms with Gasteiger partial charge in [-0.2, -0.15) is 0 Å². The number of benzene rings is 1. The molecule has 2 aromatic rings. The normalized spacial score (nSPS) is 14.0. The second-order valence-electron chi connectivity index (χ2n) is 6.30. The monoisotopic (exact) mass is 348 g/mol. The fourth-order valence-electron chi connectivity index (χ4n) is 2.85. The minimum absolute atomic E-state index is 0.0361. The molecule has 0 radical (unpaired) electrons. The van der Waals surface area contributed by atoms with Crippen LogP contribution in [0.5, 0.6) is 0 Å². The van der Waals surface area contributed by atoms with E-state index >= 15 is 0 Å². The molecule has 3 rings (SSSR count). The van der Waals surface area contributed by atoms with Crippen molar-refractivity contribution in [2.24, 2.45) is 5.92 Å². The van der Waals surface area contributed by atoms with Crippen molar-refractivity contribution in [1.29, 1.82) is 0 Å². The van der Waals surface area contributed by atoms with Gasteiger partial charge in [-0.25, -0.2) is 8.42 Å². The van der Waals surface area contributed by atoms with E-state index in [1.54, 1.807) is 29.2 Å². The van der Waals surface area contributed by atoms with Crippen molar-refractivity contribution in [1.82, 2.24) is 0 Å². The number of furan rings is 1. The summed E-state index contributed by atoms with van der Waals surface area (Å²) in [5.41, 5.74) is 2.21. The lowest BCUT2D eigenvalue weighted by Gasteiger charge is -2.17. The summed E-state index contributed by atoms with van der Waals surface area (Å²) in [6.45, 7) is 4.26. The number of nitrogens with one attached hydrogen (secondary N) is 1. The van der Waals surface area contributed by atoms with Gasteiger partial charge in [-0.05, 0) is 42.2 Å². The highest BCUT2D eigenvalue weighted by Gasteiger charge is 2.27. The van der Waals surface area contributed by atoms with Crippen molar-refractivity contribution in [3.63, 3.8) is 0 Å². The number of hydrogen-bond acceptors (Lipinski definition) is 4.